The van der Waals surface area contributed by atoms with Crippen molar-refractivity contribution in [3.8, 4) is 6.07 Å². The Morgan fingerprint density at radius 2 is 1.97 bits per heavy atom. The number of nitrogens with one attached hydrogen (secondary N) is 4. The second kappa shape index (κ2) is 10.8. The first-order valence-electron chi connectivity index (χ1n) is 12.0. The minimum atomic E-state index is -1.09. The summed E-state index contributed by atoms with van der Waals surface area (Å²) in [6.45, 7) is 0.620. The summed E-state index contributed by atoms with van der Waals surface area (Å²) in [6.07, 6.45) is 6.29. The number of aliphatic hydroxyl groups is 1. The Hall–Kier alpha value is -2.89. The Morgan fingerprint density at radius 3 is 2.67 bits per heavy atom. The van der Waals surface area contributed by atoms with Gasteiger partial charge in [0.1, 0.15) is 11.9 Å². The van der Waals surface area contributed by atoms with Crippen molar-refractivity contribution < 1.29 is 14.7 Å². The summed E-state index contributed by atoms with van der Waals surface area (Å²) in [7, 11) is 0. The fourth-order valence-corrected chi connectivity index (χ4v) is 5.13. The van der Waals surface area contributed by atoms with Crippen molar-refractivity contribution in [2.24, 2.45) is 11.8 Å². The smallest absolute Gasteiger partial charge is 0.268 e. The van der Waals surface area contributed by atoms with Crippen molar-refractivity contribution >= 4 is 22.7 Å². The van der Waals surface area contributed by atoms with E-state index in [1.165, 1.54) is 6.42 Å². The Bertz CT molecular complexity index is 974. The number of rotatable bonds is 9. The molecule has 2 amide bonds. The second-order valence-corrected chi connectivity index (χ2v) is 9.40. The van der Waals surface area contributed by atoms with Gasteiger partial charge in [-0.15, -0.1) is 0 Å². The van der Waals surface area contributed by atoms with E-state index in [0.29, 0.717) is 37.4 Å². The predicted octanol–water partition coefficient (Wildman–Crippen LogP) is 2.56. The Kier molecular flexibility index (Phi) is 7.63. The van der Waals surface area contributed by atoms with Gasteiger partial charge in [0.05, 0.1) is 18.2 Å². The molecule has 1 aromatic carbocycles. The molecule has 2 fully saturated rings. The van der Waals surface area contributed by atoms with Crippen molar-refractivity contribution in [3.63, 3.8) is 0 Å². The molecular formula is C25H33N5O3. The van der Waals surface area contributed by atoms with Crippen LogP contribution in [0, 0.1) is 23.2 Å². The van der Waals surface area contributed by atoms with Crippen LogP contribution in [0.5, 0.6) is 0 Å². The highest BCUT2D eigenvalue weighted by atomic mass is 16.3. The van der Waals surface area contributed by atoms with Gasteiger partial charge in [-0.05, 0) is 37.3 Å². The topological polar surface area (TPSA) is 130 Å². The van der Waals surface area contributed by atoms with Crippen LogP contribution in [0.1, 0.15) is 61.9 Å². The first-order valence-corrected chi connectivity index (χ1v) is 12.0. The van der Waals surface area contributed by atoms with E-state index in [9.17, 15) is 20.0 Å². The highest BCUT2D eigenvalue weighted by Crippen LogP contribution is 2.28. The molecule has 176 valence electrons. The van der Waals surface area contributed by atoms with Crippen LogP contribution in [-0.2, 0) is 4.79 Å². The molecule has 1 saturated carbocycles. The van der Waals surface area contributed by atoms with Gasteiger partial charge in [-0.1, -0.05) is 50.3 Å². The molecule has 0 radical (unpaired) electrons. The van der Waals surface area contributed by atoms with Gasteiger partial charge in [-0.3, -0.25) is 14.9 Å². The number of carbonyl (C=O) groups excluding carboxylic acids is 2. The molecule has 8 heteroatoms. The molecule has 4 rings (SSSR count). The Morgan fingerprint density at radius 1 is 1.18 bits per heavy atom. The van der Waals surface area contributed by atoms with Crippen molar-refractivity contribution in [3.05, 3.63) is 36.0 Å². The maximum absolute atomic E-state index is 13.0. The largest absolute Gasteiger partial charge is 0.376 e. The minimum Gasteiger partial charge on any atom is -0.376 e. The van der Waals surface area contributed by atoms with Crippen LogP contribution in [0.25, 0.3) is 10.9 Å². The van der Waals surface area contributed by atoms with Gasteiger partial charge in [-0.25, -0.2) is 0 Å². The highest BCUT2D eigenvalue weighted by Gasteiger charge is 2.31. The molecule has 4 atom stereocenters. The third-order valence-electron chi connectivity index (χ3n) is 7.00. The molecule has 1 unspecified atom stereocenters. The van der Waals surface area contributed by atoms with E-state index < -0.39 is 18.3 Å². The van der Waals surface area contributed by atoms with E-state index in [1.807, 2.05) is 24.3 Å². The lowest BCUT2D eigenvalue weighted by Crippen LogP contribution is -2.53. The van der Waals surface area contributed by atoms with Crippen LogP contribution < -0.4 is 16.0 Å². The zero-order valence-corrected chi connectivity index (χ0v) is 18.8. The molecule has 1 aliphatic heterocycles. The number of hydrogen-bond donors (Lipinski definition) is 5. The SMILES string of the molecule is N#C[C@H](C[C@@H]1CCNC1=O)NC(O)[C@H](CC1CCCCC1)NC(=O)c1cc2ccccc2[nH]1. The van der Waals surface area contributed by atoms with Crippen molar-refractivity contribution in [1.82, 2.24) is 20.9 Å². The number of nitriles is 1. The van der Waals surface area contributed by atoms with E-state index in [2.05, 4.69) is 27.0 Å². The van der Waals surface area contributed by atoms with Gasteiger partial charge in [-0.2, -0.15) is 5.26 Å². The summed E-state index contributed by atoms with van der Waals surface area (Å²) in [4.78, 5) is 28.1. The number of aromatic nitrogens is 1. The second-order valence-electron chi connectivity index (χ2n) is 9.40. The molecule has 1 aromatic heterocycles. The third-order valence-corrected chi connectivity index (χ3v) is 7.00. The third kappa shape index (κ3) is 5.92. The van der Waals surface area contributed by atoms with E-state index >= 15 is 0 Å². The number of hydrogen-bond acceptors (Lipinski definition) is 5. The quantitative estimate of drug-likeness (QED) is 0.374. The lowest BCUT2D eigenvalue weighted by molar-refractivity contribution is -0.122. The number of amides is 2. The van der Waals surface area contributed by atoms with Gasteiger partial charge in [0.2, 0.25) is 5.91 Å². The molecule has 2 aliphatic rings. The number of carbonyl (C=O) groups is 2. The van der Waals surface area contributed by atoms with Crippen LogP contribution in [0.3, 0.4) is 0 Å². The number of aliphatic hydroxyl groups excluding tert-OH is 1. The fraction of sp³-hybridized carbons (Fsp3) is 0.560. The number of nitrogens with zero attached hydrogens (tertiary/aromatic N) is 1. The summed E-state index contributed by atoms with van der Waals surface area (Å²) in [6, 6.07) is 10.4. The van der Waals surface area contributed by atoms with E-state index in [4.69, 9.17) is 0 Å². The highest BCUT2D eigenvalue weighted by molar-refractivity contribution is 5.98. The average Bonchev–Trinajstić information content (AvgIpc) is 3.44. The lowest BCUT2D eigenvalue weighted by atomic mass is 9.84. The van der Waals surface area contributed by atoms with E-state index in [-0.39, 0.29) is 17.7 Å². The maximum atomic E-state index is 13.0. The lowest BCUT2D eigenvalue weighted by Gasteiger charge is -2.31. The molecule has 5 N–H and O–H groups in total. The van der Waals surface area contributed by atoms with Crippen LogP contribution in [-0.4, -0.2) is 46.8 Å². The number of H-pyrrole nitrogens is 1. The predicted molar refractivity (Wildman–Crippen MR) is 125 cm³/mol. The molecule has 2 heterocycles. The molecular weight excluding hydrogens is 418 g/mol. The van der Waals surface area contributed by atoms with E-state index in [1.54, 1.807) is 6.07 Å². The Labute approximate surface area is 194 Å². The van der Waals surface area contributed by atoms with Crippen molar-refractivity contribution in [2.45, 2.75) is 69.7 Å². The zero-order chi connectivity index (χ0) is 23.2. The normalized spacial score (nSPS) is 21.8. The van der Waals surface area contributed by atoms with Crippen LogP contribution in [0.2, 0.25) is 0 Å². The number of benzene rings is 1. The molecule has 33 heavy (non-hydrogen) atoms. The van der Waals surface area contributed by atoms with Gasteiger partial charge in [0.25, 0.3) is 5.91 Å². The maximum Gasteiger partial charge on any atom is 0.268 e. The van der Waals surface area contributed by atoms with Gasteiger partial charge in [0, 0.05) is 23.4 Å². The summed E-state index contributed by atoms with van der Waals surface area (Å²) in [5, 5.41) is 30.4. The number of para-hydroxylation sites is 1. The molecule has 1 aliphatic carbocycles. The summed E-state index contributed by atoms with van der Waals surface area (Å²) < 4.78 is 0. The minimum absolute atomic E-state index is 0.0441. The molecule has 0 bridgehead atoms. The average molecular weight is 452 g/mol. The fourth-order valence-electron chi connectivity index (χ4n) is 5.13. The first-order chi connectivity index (χ1) is 16.0. The number of fused-ring (bicyclic) bond motifs is 1. The summed E-state index contributed by atoms with van der Waals surface area (Å²) in [5.74, 6) is -0.134. The monoisotopic (exact) mass is 451 g/mol. The van der Waals surface area contributed by atoms with Crippen molar-refractivity contribution in [2.75, 3.05) is 6.54 Å². The first kappa shape index (κ1) is 23.3. The Balaban J connectivity index is 1.44. The van der Waals surface area contributed by atoms with Crippen LogP contribution in [0.4, 0.5) is 0 Å². The standard InChI is InChI=1S/C25H33N5O3/c26-15-19(13-18-10-11-27-23(18)31)28-24(32)21(12-16-6-2-1-3-7-16)30-25(33)22-14-17-8-4-5-9-20(17)29-22/h4-5,8-9,14,16,18-19,21,24,28-29,32H,1-3,6-7,10-13H2,(H,27,31)(H,30,33)/t18-,19-,21-,24?/m0/s1. The molecule has 0 spiro atoms. The number of aromatic amines is 1. The van der Waals surface area contributed by atoms with Gasteiger partial charge < -0.3 is 20.7 Å². The van der Waals surface area contributed by atoms with Crippen molar-refractivity contribution in [1.29, 1.82) is 5.26 Å². The molecule has 2 aromatic rings. The van der Waals surface area contributed by atoms with Gasteiger partial charge in [0.15, 0.2) is 0 Å². The molecule has 1 saturated heterocycles. The van der Waals surface area contributed by atoms with E-state index in [0.717, 1.165) is 36.6 Å². The van der Waals surface area contributed by atoms with Crippen LogP contribution >= 0.6 is 0 Å². The van der Waals surface area contributed by atoms with Crippen LogP contribution in [0.15, 0.2) is 30.3 Å². The summed E-state index contributed by atoms with van der Waals surface area (Å²) >= 11 is 0. The zero-order valence-electron chi connectivity index (χ0n) is 18.8. The molecule has 8 nitrogen and oxygen atoms in total. The summed E-state index contributed by atoms with van der Waals surface area (Å²) in [5.41, 5.74) is 1.32. The van der Waals surface area contributed by atoms with Gasteiger partial charge >= 0.3 is 0 Å².